The second-order valence-electron chi connectivity index (χ2n) is 4.86. The SMILES string of the molecule is CN1c2cncnc2N2c3ccccc3CCC12. The molecule has 0 spiro atoms. The molecule has 3 heterocycles. The first-order valence-corrected chi connectivity index (χ1v) is 6.26. The molecule has 0 bridgehead atoms. The van der Waals surface area contributed by atoms with Crippen molar-refractivity contribution >= 4 is 17.2 Å². The first-order valence-electron chi connectivity index (χ1n) is 6.26. The molecule has 1 unspecified atom stereocenters. The van der Waals surface area contributed by atoms with E-state index in [1.807, 2.05) is 6.20 Å². The number of para-hydroxylation sites is 1. The van der Waals surface area contributed by atoms with Crippen LogP contribution in [0.25, 0.3) is 0 Å². The first kappa shape index (κ1) is 9.88. The molecule has 0 radical (unpaired) electrons. The van der Waals surface area contributed by atoms with Crippen LogP contribution in [0, 0.1) is 0 Å². The van der Waals surface area contributed by atoms with Crippen molar-refractivity contribution in [2.24, 2.45) is 0 Å². The van der Waals surface area contributed by atoms with Crippen LogP contribution in [0.5, 0.6) is 0 Å². The van der Waals surface area contributed by atoms with Gasteiger partial charge in [-0.15, -0.1) is 0 Å². The lowest BCUT2D eigenvalue weighted by Gasteiger charge is -2.35. The smallest absolute Gasteiger partial charge is 0.161 e. The summed E-state index contributed by atoms with van der Waals surface area (Å²) < 4.78 is 0. The van der Waals surface area contributed by atoms with Crippen LogP contribution in [-0.2, 0) is 6.42 Å². The molecule has 1 aromatic heterocycles. The molecule has 2 aromatic rings. The van der Waals surface area contributed by atoms with E-state index >= 15 is 0 Å². The van der Waals surface area contributed by atoms with E-state index in [-0.39, 0.29) is 0 Å². The second kappa shape index (κ2) is 3.45. The highest BCUT2D eigenvalue weighted by Gasteiger charge is 2.38. The third-order valence-corrected chi connectivity index (χ3v) is 3.95. The van der Waals surface area contributed by atoms with Gasteiger partial charge in [-0.2, -0.15) is 0 Å². The zero-order chi connectivity index (χ0) is 12.1. The highest BCUT2D eigenvalue weighted by molar-refractivity contribution is 5.81. The number of nitrogens with zero attached hydrogens (tertiary/aromatic N) is 4. The van der Waals surface area contributed by atoms with E-state index in [9.17, 15) is 0 Å². The minimum Gasteiger partial charge on any atom is -0.350 e. The summed E-state index contributed by atoms with van der Waals surface area (Å²) >= 11 is 0. The molecule has 18 heavy (non-hydrogen) atoms. The second-order valence-corrected chi connectivity index (χ2v) is 4.86. The van der Waals surface area contributed by atoms with E-state index in [0.717, 1.165) is 24.3 Å². The standard InChI is InChI=1S/C14H14N4/c1-17-12-8-15-9-16-14(12)18-11-5-3-2-4-10(11)6-7-13(17)18/h2-5,8-9,13H,6-7H2,1H3. The molecule has 4 nitrogen and oxygen atoms in total. The van der Waals surface area contributed by atoms with Crippen molar-refractivity contribution in [2.75, 3.05) is 16.8 Å². The Morgan fingerprint density at radius 3 is 3.06 bits per heavy atom. The summed E-state index contributed by atoms with van der Waals surface area (Å²) in [6, 6.07) is 8.61. The van der Waals surface area contributed by atoms with Gasteiger partial charge in [0.2, 0.25) is 0 Å². The molecule has 0 fully saturated rings. The highest BCUT2D eigenvalue weighted by Crippen LogP contribution is 2.46. The van der Waals surface area contributed by atoms with Crippen LogP contribution in [0.2, 0.25) is 0 Å². The maximum Gasteiger partial charge on any atom is 0.161 e. The molecular weight excluding hydrogens is 224 g/mol. The summed E-state index contributed by atoms with van der Waals surface area (Å²) in [5.74, 6) is 1.03. The Morgan fingerprint density at radius 2 is 2.11 bits per heavy atom. The number of benzene rings is 1. The Bertz CT molecular complexity index is 610. The van der Waals surface area contributed by atoms with Gasteiger partial charge >= 0.3 is 0 Å². The molecule has 0 N–H and O–H groups in total. The molecular formula is C14H14N4. The lowest BCUT2D eigenvalue weighted by molar-refractivity contribution is 0.587. The van der Waals surface area contributed by atoms with Crippen LogP contribution in [-0.4, -0.2) is 23.2 Å². The third-order valence-electron chi connectivity index (χ3n) is 3.95. The minimum absolute atomic E-state index is 0.381. The number of aromatic nitrogens is 2. The van der Waals surface area contributed by atoms with Crippen molar-refractivity contribution < 1.29 is 0 Å². The van der Waals surface area contributed by atoms with Crippen molar-refractivity contribution in [3.05, 3.63) is 42.4 Å². The largest absolute Gasteiger partial charge is 0.350 e. The molecule has 0 saturated heterocycles. The quantitative estimate of drug-likeness (QED) is 0.705. The average Bonchev–Trinajstić information content (AvgIpc) is 2.73. The zero-order valence-electron chi connectivity index (χ0n) is 10.2. The summed E-state index contributed by atoms with van der Waals surface area (Å²) in [6.07, 6.45) is 6.18. The summed E-state index contributed by atoms with van der Waals surface area (Å²) in [7, 11) is 2.13. The van der Waals surface area contributed by atoms with E-state index in [0.29, 0.717) is 6.17 Å². The molecule has 1 atom stereocenters. The molecule has 1 aromatic carbocycles. The number of rotatable bonds is 0. The van der Waals surface area contributed by atoms with Gasteiger partial charge in [-0.25, -0.2) is 9.97 Å². The first-order chi connectivity index (χ1) is 8.86. The van der Waals surface area contributed by atoms with Crippen LogP contribution >= 0.6 is 0 Å². The maximum atomic E-state index is 4.47. The molecule has 0 saturated carbocycles. The number of hydrogen-bond acceptors (Lipinski definition) is 4. The minimum atomic E-state index is 0.381. The van der Waals surface area contributed by atoms with E-state index in [1.54, 1.807) is 6.33 Å². The maximum absolute atomic E-state index is 4.47. The van der Waals surface area contributed by atoms with Gasteiger partial charge in [0, 0.05) is 12.7 Å². The zero-order valence-corrected chi connectivity index (χ0v) is 10.2. The van der Waals surface area contributed by atoms with Crippen molar-refractivity contribution in [3.63, 3.8) is 0 Å². The van der Waals surface area contributed by atoms with E-state index < -0.39 is 0 Å². The lowest BCUT2D eigenvalue weighted by atomic mass is 10.00. The Morgan fingerprint density at radius 1 is 1.22 bits per heavy atom. The van der Waals surface area contributed by atoms with Crippen LogP contribution in [0.4, 0.5) is 17.2 Å². The van der Waals surface area contributed by atoms with Gasteiger partial charge in [0.25, 0.3) is 0 Å². The molecule has 2 aliphatic rings. The molecule has 4 rings (SSSR count). The fourth-order valence-electron chi connectivity index (χ4n) is 3.06. The van der Waals surface area contributed by atoms with Crippen molar-refractivity contribution in [1.29, 1.82) is 0 Å². The summed E-state index contributed by atoms with van der Waals surface area (Å²) in [4.78, 5) is 13.2. The predicted octanol–water partition coefficient (Wildman–Crippen LogP) is 2.34. The Kier molecular flexibility index (Phi) is 1.89. The van der Waals surface area contributed by atoms with E-state index in [1.165, 1.54) is 11.3 Å². The lowest BCUT2D eigenvalue weighted by Crippen LogP contribution is -2.41. The van der Waals surface area contributed by atoms with Crippen molar-refractivity contribution in [2.45, 2.75) is 19.0 Å². The van der Waals surface area contributed by atoms with Gasteiger partial charge < -0.3 is 9.80 Å². The Balaban J connectivity index is 1.94. The van der Waals surface area contributed by atoms with Gasteiger partial charge in [0.15, 0.2) is 5.82 Å². The molecule has 2 aliphatic heterocycles. The van der Waals surface area contributed by atoms with Crippen LogP contribution < -0.4 is 9.80 Å². The molecule has 90 valence electrons. The van der Waals surface area contributed by atoms with Crippen molar-refractivity contribution in [1.82, 2.24) is 9.97 Å². The summed E-state index contributed by atoms with van der Waals surface area (Å²) in [5, 5.41) is 0. The van der Waals surface area contributed by atoms with Gasteiger partial charge in [0.1, 0.15) is 18.2 Å². The van der Waals surface area contributed by atoms with Crippen LogP contribution in [0.3, 0.4) is 0 Å². The Hall–Kier alpha value is -2.10. The highest BCUT2D eigenvalue weighted by atomic mass is 15.4. The summed E-state index contributed by atoms with van der Waals surface area (Å²) in [6.45, 7) is 0. The molecule has 4 heteroatoms. The van der Waals surface area contributed by atoms with E-state index in [2.05, 4.69) is 51.1 Å². The van der Waals surface area contributed by atoms with Crippen molar-refractivity contribution in [3.8, 4) is 0 Å². The molecule has 0 aliphatic carbocycles. The van der Waals surface area contributed by atoms with Gasteiger partial charge in [-0.3, -0.25) is 0 Å². The topological polar surface area (TPSA) is 32.3 Å². The van der Waals surface area contributed by atoms with E-state index in [4.69, 9.17) is 0 Å². The summed E-state index contributed by atoms with van der Waals surface area (Å²) in [5.41, 5.74) is 3.82. The fourth-order valence-corrected chi connectivity index (χ4v) is 3.06. The van der Waals surface area contributed by atoms with Gasteiger partial charge in [0.05, 0.1) is 6.20 Å². The number of anilines is 3. The van der Waals surface area contributed by atoms with Crippen LogP contribution in [0.1, 0.15) is 12.0 Å². The van der Waals surface area contributed by atoms with Gasteiger partial charge in [-0.1, -0.05) is 18.2 Å². The monoisotopic (exact) mass is 238 g/mol. The fraction of sp³-hybridized carbons (Fsp3) is 0.286. The average molecular weight is 238 g/mol. The Labute approximate surface area is 106 Å². The van der Waals surface area contributed by atoms with Crippen LogP contribution in [0.15, 0.2) is 36.8 Å². The number of hydrogen-bond donors (Lipinski definition) is 0. The number of aryl methyl sites for hydroxylation is 1. The predicted molar refractivity (Wildman–Crippen MR) is 71.1 cm³/mol. The normalized spacial score (nSPS) is 20.4. The third kappa shape index (κ3) is 1.15. The number of fused-ring (bicyclic) bond motifs is 5. The van der Waals surface area contributed by atoms with Gasteiger partial charge in [-0.05, 0) is 24.5 Å². The molecule has 0 amide bonds.